The van der Waals surface area contributed by atoms with Crippen molar-refractivity contribution in [3.8, 4) is 0 Å². The summed E-state index contributed by atoms with van der Waals surface area (Å²) >= 11 is 6.12. The smallest absolute Gasteiger partial charge is 0.157 e. The van der Waals surface area contributed by atoms with Crippen molar-refractivity contribution in [1.29, 1.82) is 0 Å². The molecule has 2 aromatic rings. The third kappa shape index (κ3) is 2.15. The molecule has 1 saturated heterocycles. The third-order valence-electron chi connectivity index (χ3n) is 3.36. The lowest BCUT2D eigenvalue weighted by molar-refractivity contribution is 0.0667. The van der Waals surface area contributed by atoms with Crippen LogP contribution in [0, 0.1) is 0 Å². The topological polar surface area (TPSA) is 51.5 Å². The molecule has 18 heavy (non-hydrogen) atoms. The van der Waals surface area contributed by atoms with Crippen LogP contribution in [0.3, 0.4) is 0 Å². The van der Waals surface area contributed by atoms with E-state index in [-0.39, 0.29) is 5.54 Å². The van der Waals surface area contributed by atoms with Crippen LogP contribution in [0.2, 0.25) is 0 Å². The van der Waals surface area contributed by atoms with Crippen LogP contribution < -0.4 is 5.32 Å². The molecule has 3 heterocycles. The van der Waals surface area contributed by atoms with E-state index in [2.05, 4.69) is 15.4 Å². The van der Waals surface area contributed by atoms with Crippen molar-refractivity contribution >= 4 is 23.1 Å². The zero-order chi connectivity index (χ0) is 12.4. The predicted octanol–water partition coefficient (Wildman–Crippen LogP) is 1.93. The highest BCUT2D eigenvalue weighted by molar-refractivity contribution is 6.18. The molecule has 0 aliphatic carbocycles. The number of nitrogens with zero attached hydrogens (tertiary/aromatic N) is 3. The molecule has 96 valence electrons. The Balaban J connectivity index is 1.85. The highest BCUT2D eigenvalue weighted by atomic mass is 35.5. The molecule has 0 amide bonds. The van der Waals surface area contributed by atoms with Gasteiger partial charge in [-0.3, -0.25) is 0 Å². The van der Waals surface area contributed by atoms with Crippen molar-refractivity contribution in [2.24, 2.45) is 0 Å². The summed E-state index contributed by atoms with van der Waals surface area (Å²) in [5.74, 6) is 1.40. The van der Waals surface area contributed by atoms with Crippen LogP contribution in [0.15, 0.2) is 24.5 Å². The van der Waals surface area contributed by atoms with Gasteiger partial charge >= 0.3 is 0 Å². The molecule has 3 rings (SSSR count). The van der Waals surface area contributed by atoms with E-state index in [1.165, 1.54) is 0 Å². The number of rotatable bonds is 3. The van der Waals surface area contributed by atoms with Crippen LogP contribution in [0.25, 0.3) is 5.65 Å². The molecule has 6 heteroatoms. The standard InChI is InChI=1S/C12H15ClN4O/c13-9-12(3-7-18-8-4-12)16-10-2-6-17-11(15-10)1-5-14-17/h1-2,5-6H,3-4,7-9H2,(H,15,16). The van der Waals surface area contributed by atoms with Gasteiger partial charge in [-0.05, 0) is 18.9 Å². The average Bonchev–Trinajstić information content (AvgIpc) is 2.87. The Labute approximate surface area is 110 Å². The maximum atomic E-state index is 6.12. The second-order valence-corrected chi connectivity index (χ2v) is 4.87. The van der Waals surface area contributed by atoms with E-state index < -0.39 is 0 Å². The zero-order valence-corrected chi connectivity index (χ0v) is 10.7. The highest BCUT2D eigenvalue weighted by Gasteiger charge is 2.31. The minimum atomic E-state index is -0.106. The van der Waals surface area contributed by atoms with Crippen LogP contribution in [-0.2, 0) is 4.74 Å². The van der Waals surface area contributed by atoms with Gasteiger partial charge < -0.3 is 10.1 Å². The molecule has 0 bridgehead atoms. The van der Waals surface area contributed by atoms with E-state index in [1.54, 1.807) is 10.7 Å². The van der Waals surface area contributed by atoms with Gasteiger partial charge in [-0.15, -0.1) is 11.6 Å². The van der Waals surface area contributed by atoms with E-state index in [9.17, 15) is 0 Å². The molecular formula is C12H15ClN4O. The molecule has 5 nitrogen and oxygen atoms in total. The van der Waals surface area contributed by atoms with Gasteiger partial charge in [0.1, 0.15) is 5.82 Å². The average molecular weight is 267 g/mol. The van der Waals surface area contributed by atoms with E-state index >= 15 is 0 Å². The molecule has 0 unspecified atom stereocenters. The highest BCUT2D eigenvalue weighted by Crippen LogP contribution is 2.26. The number of aromatic nitrogens is 3. The molecule has 0 aromatic carbocycles. The lowest BCUT2D eigenvalue weighted by Crippen LogP contribution is -2.45. The Morgan fingerprint density at radius 2 is 2.22 bits per heavy atom. The second kappa shape index (κ2) is 4.74. The van der Waals surface area contributed by atoms with E-state index in [0.29, 0.717) is 5.88 Å². The van der Waals surface area contributed by atoms with Crippen LogP contribution in [0.4, 0.5) is 5.82 Å². The van der Waals surface area contributed by atoms with Crippen molar-refractivity contribution < 1.29 is 4.74 Å². The number of hydrogen-bond donors (Lipinski definition) is 1. The predicted molar refractivity (Wildman–Crippen MR) is 70.1 cm³/mol. The van der Waals surface area contributed by atoms with Crippen molar-refractivity contribution in [3.63, 3.8) is 0 Å². The first-order chi connectivity index (χ1) is 8.81. The maximum absolute atomic E-state index is 6.12. The lowest BCUT2D eigenvalue weighted by atomic mass is 9.92. The molecule has 1 aliphatic heterocycles. The van der Waals surface area contributed by atoms with E-state index in [0.717, 1.165) is 37.5 Å². The normalized spacial score (nSPS) is 18.9. The number of fused-ring (bicyclic) bond motifs is 1. The first-order valence-corrected chi connectivity index (χ1v) is 6.57. The van der Waals surface area contributed by atoms with Gasteiger partial charge in [-0.25, -0.2) is 9.50 Å². The van der Waals surface area contributed by atoms with Gasteiger partial charge in [0.15, 0.2) is 5.65 Å². The largest absolute Gasteiger partial charge is 0.381 e. The minimum absolute atomic E-state index is 0.106. The fraction of sp³-hybridized carbons (Fsp3) is 0.500. The Hall–Kier alpha value is -1.33. The second-order valence-electron chi connectivity index (χ2n) is 4.60. The number of halogens is 1. The summed E-state index contributed by atoms with van der Waals surface area (Å²) in [4.78, 5) is 4.51. The number of alkyl halides is 1. The van der Waals surface area contributed by atoms with Crippen molar-refractivity contribution in [3.05, 3.63) is 24.5 Å². The SMILES string of the molecule is ClCC1(Nc2ccn3nccc3n2)CCOCC1. The summed E-state index contributed by atoms with van der Waals surface area (Å²) in [6, 6.07) is 3.80. The van der Waals surface area contributed by atoms with E-state index in [4.69, 9.17) is 16.3 Å². The van der Waals surface area contributed by atoms with Crippen LogP contribution >= 0.6 is 11.6 Å². The maximum Gasteiger partial charge on any atom is 0.157 e. The summed E-state index contributed by atoms with van der Waals surface area (Å²) in [6.45, 7) is 1.49. The summed E-state index contributed by atoms with van der Waals surface area (Å²) in [5.41, 5.74) is 0.724. The third-order valence-corrected chi connectivity index (χ3v) is 3.87. The summed E-state index contributed by atoms with van der Waals surface area (Å²) < 4.78 is 7.13. The van der Waals surface area contributed by atoms with Crippen LogP contribution in [0.5, 0.6) is 0 Å². The Bertz CT molecular complexity index is 536. The number of anilines is 1. The van der Waals surface area contributed by atoms with Crippen molar-refractivity contribution in [1.82, 2.24) is 14.6 Å². The summed E-state index contributed by atoms with van der Waals surface area (Å²) in [7, 11) is 0. The first kappa shape index (κ1) is 11.7. The summed E-state index contributed by atoms with van der Waals surface area (Å²) in [5, 5.41) is 7.59. The monoisotopic (exact) mass is 266 g/mol. The van der Waals surface area contributed by atoms with Gasteiger partial charge in [0.25, 0.3) is 0 Å². The Morgan fingerprint density at radius 3 is 3.00 bits per heavy atom. The number of nitrogens with one attached hydrogen (secondary N) is 1. The molecule has 0 radical (unpaired) electrons. The van der Waals surface area contributed by atoms with Gasteiger partial charge in [-0.1, -0.05) is 0 Å². The molecule has 2 aromatic heterocycles. The molecule has 1 N–H and O–H groups in total. The molecule has 0 saturated carbocycles. The first-order valence-electron chi connectivity index (χ1n) is 6.04. The summed E-state index contributed by atoms with van der Waals surface area (Å²) in [6.07, 6.45) is 5.44. The van der Waals surface area contributed by atoms with Gasteiger partial charge in [0.2, 0.25) is 0 Å². The molecule has 0 spiro atoms. The fourth-order valence-corrected chi connectivity index (χ4v) is 2.54. The van der Waals surface area contributed by atoms with Crippen molar-refractivity contribution in [2.45, 2.75) is 18.4 Å². The van der Waals surface area contributed by atoms with Gasteiger partial charge in [0, 0.05) is 31.4 Å². The lowest BCUT2D eigenvalue weighted by Gasteiger charge is -2.36. The van der Waals surface area contributed by atoms with Crippen molar-refractivity contribution in [2.75, 3.05) is 24.4 Å². The molecular weight excluding hydrogens is 252 g/mol. The van der Waals surface area contributed by atoms with Gasteiger partial charge in [0.05, 0.1) is 11.7 Å². The molecule has 1 aliphatic rings. The molecule has 0 atom stereocenters. The van der Waals surface area contributed by atoms with Crippen LogP contribution in [-0.4, -0.2) is 39.2 Å². The Kier molecular flexibility index (Phi) is 3.09. The van der Waals surface area contributed by atoms with Gasteiger partial charge in [-0.2, -0.15) is 5.10 Å². The number of ether oxygens (including phenoxy) is 1. The minimum Gasteiger partial charge on any atom is -0.381 e. The van der Waals surface area contributed by atoms with Crippen LogP contribution in [0.1, 0.15) is 12.8 Å². The fourth-order valence-electron chi connectivity index (χ4n) is 2.21. The number of hydrogen-bond acceptors (Lipinski definition) is 4. The zero-order valence-electron chi connectivity index (χ0n) is 9.97. The Morgan fingerprint density at radius 1 is 1.39 bits per heavy atom. The van der Waals surface area contributed by atoms with E-state index in [1.807, 2.05) is 18.3 Å². The quantitative estimate of drug-likeness (QED) is 0.863. The molecule has 1 fully saturated rings.